The lowest BCUT2D eigenvalue weighted by atomic mass is 10.1. The smallest absolute Gasteiger partial charge is 0.0637 e. The summed E-state index contributed by atoms with van der Waals surface area (Å²) in [4.78, 5) is 2.33. The number of nitrogens with zero attached hydrogens (tertiary/aromatic N) is 1. The second kappa shape index (κ2) is 9.75. The van der Waals surface area contributed by atoms with Crippen molar-refractivity contribution in [3.8, 4) is 0 Å². The van der Waals surface area contributed by atoms with Crippen LogP contribution in [-0.4, -0.2) is 46.6 Å². The maximum absolute atomic E-state index is 5.83. The van der Waals surface area contributed by atoms with Gasteiger partial charge >= 0.3 is 0 Å². The van der Waals surface area contributed by atoms with Gasteiger partial charge in [0.25, 0.3) is 0 Å². The van der Waals surface area contributed by atoms with E-state index in [2.05, 4.69) is 29.2 Å². The molecule has 20 heavy (non-hydrogen) atoms. The van der Waals surface area contributed by atoms with Crippen LogP contribution in [0, 0.1) is 0 Å². The number of rotatable bonds is 10. The molecule has 0 radical (unpaired) electrons. The Morgan fingerprint density at radius 3 is 2.25 bits per heavy atom. The molecule has 0 amide bonds. The van der Waals surface area contributed by atoms with Crippen LogP contribution in [0.5, 0.6) is 0 Å². The van der Waals surface area contributed by atoms with Crippen LogP contribution < -0.4 is 10.6 Å². The average molecular weight is 280 g/mol. The lowest BCUT2D eigenvalue weighted by molar-refractivity contribution is 0.191. The molecule has 0 aromatic heterocycles. The maximum atomic E-state index is 5.83. The molecule has 0 bridgehead atoms. The monoisotopic (exact) mass is 280 g/mol. The summed E-state index contributed by atoms with van der Waals surface area (Å²) in [6.45, 7) is 5.42. The van der Waals surface area contributed by atoms with Crippen molar-refractivity contribution in [2.75, 3.05) is 45.4 Å². The number of anilines is 1. The number of ether oxygens (including phenoxy) is 2. The summed E-state index contributed by atoms with van der Waals surface area (Å²) in [5.41, 5.74) is 8.34. The molecular weight excluding hydrogens is 252 g/mol. The van der Waals surface area contributed by atoms with Crippen LogP contribution in [0.15, 0.2) is 24.3 Å². The minimum atomic E-state index is 0.201. The minimum Gasteiger partial charge on any atom is -0.385 e. The zero-order valence-electron chi connectivity index (χ0n) is 13.0. The second-order valence-electron chi connectivity index (χ2n) is 5.17. The highest BCUT2D eigenvalue weighted by molar-refractivity contribution is 5.47. The van der Waals surface area contributed by atoms with Gasteiger partial charge in [0.15, 0.2) is 0 Å². The Morgan fingerprint density at radius 1 is 1.05 bits per heavy atom. The molecule has 0 aliphatic rings. The third-order valence-electron chi connectivity index (χ3n) is 3.20. The van der Waals surface area contributed by atoms with Gasteiger partial charge in [-0.2, -0.15) is 0 Å². The summed E-state index contributed by atoms with van der Waals surface area (Å²) in [5, 5.41) is 0. The molecule has 1 aromatic rings. The number of hydrogen-bond donors (Lipinski definition) is 1. The zero-order valence-corrected chi connectivity index (χ0v) is 13.0. The summed E-state index contributed by atoms with van der Waals surface area (Å²) in [5.74, 6) is 0. The Bertz CT molecular complexity index is 352. The van der Waals surface area contributed by atoms with Gasteiger partial charge in [-0.1, -0.05) is 12.1 Å². The third-order valence-corrected chi connectivity index (χ3v) is 3.20. The fourth-order valence-electron chi connectivity index (χ4n) is 2.19. The molecule has 0 fully saturated rings. The molecule has 1 rings (SSSR count). The first-order valence-corrected chi connectivity index (χ1v) is 7.24. The van der Waals surface area contributed by atoms with E-state index in [4.69, 9.17) is 15.2 Å². The largest absolute Gasteiger partial charge is 0.385 e. The summed E-state index contributed by atoms with van der Waals surface area (Å²) in [6, 6.07) is 8.86. The normalized spacial score (nSPS) is 12.4. The second-order valence-corrected chi connectivity index (χ2v) is 5.17. The van der Waals surface area contributed by atoms with E-state index in [0.717, 1.165) is 39.1 Å². The highest BCUT2D eigenvalue weighted by atomic mass is 16.5. The van der Waals surface area contributed by atoms with Gasteiger partial charge in [-0.25, -0.2) is 0 Å². The summed E-state index contributed by atoms with van der Waals surface area (Å²) < 4.78 is 10.3. The van der Waals surface area contributed by atoms with Crippen LogP contribution in [0.2, 0.25) is 0 Å². The predicted molar refractivity (Wildman–Crippen MR) is 84.4 cm³/mol. The van der Waals surface area contributed by atoms with Crippen LogP contribution in [0.25, 0.3) is 0 Å². The van der Waals surface area contributed by atoms with E-state index in [9.17, 15) is 0 Å². The van der Waals surface area contributed by atoms with E-state index in [1.165, 1.54) is 11.3 Å². The first kappa shape index (κ1) is 17.0. The quantitative estimate of drug-likeness (QED) is 0.667. The summed E-state index contributed by atoms with van der Waals surface area (Å²) >= 11 is 0. The van der Waals surface area contributed by atoms with Gasteiger partial charge in [0.05, 0.1) is 6.61 Å². The van der Waals surface area contributed by atoms with Crippen molar-refractivity contribution in [3.63, 3.8) is 0 Å². The number of methoxy groups -OCH3 is 2. The van der Waals surface area contributed by atoms with Crippen LogP contribution in [0.1, 0.15) is 18.9 Å². The van der Waals surface area contributed by atoms with E-state index in [-0.39, 0.29) is 6.04 Å². The maximum Gasteiger partial charge on any atom is 0.0637 e. The van der Waals surface area contributed by atoms with Crippen molar-refractivity contribution < 1.29 is 9.47 Å². The van der Waals surface area contributed by atoms with Gasteiger partial charge in [0, 0.05) is 45.6 Å². The summed E-state index contributed by atoms with van der Waals surface area (Å²) in [6.07, 6.45) is 1.93. The molecule has 1 atom stereocenters. The molecule has 1 unspecified atom stereocenters. The molecular formula is C16H28N2O2. The number of hydrogen-bond acceptors (Lipinski definition) is 4. The van der Waals surface area contributed by atoms with Crippen LogP contribution >= 0.6 is 0 Å². The predicted octanol–water partition coefficient (Wildman–Crippen LogP) is 2.07. The molecule has 0 aliphatic heterocycles. The van der Waals surface area contributed by atoms with E-state index >= 15 is 0 Å². The fourth-order valence-corrected chi connectivity index (χ4v) is 2.19. The molecule has 4 nitrogen and oxygen atoms in total. The van der Waals surface area contributed by atoms with Crippen molar-refractivity contribution in [1.82, 2.24) is 0 Å². The highest BCUT2D eigenvalue weighted by Gasteiger charge is 2.06. The van der Waals surface area contributed by atoms with Gasteiger partial charge in [-0.15, -0.1) is 0 Å². The molecule has 0 saturated carbocycles. The lowest BCUT2D eigenvalue weighted by Gasteiger charge is -2.24. The van der Waals surface area contributed by atoms with E-state index < -0.39 is 0 Å². The Balaban J connectivity index is 2.63. The molecule has 2 N–H and O–H groups in total. The van der Waals surface area contributed by atoms with E-state index in [1.807, 2.05) is 6.92 Å². The highest BCUT2D eigenvalue weighted by Crippen LogP contribution is 2.16. The number of benzene rings is 1. The van der Waals surface area contributed by atoms with Crippen LogP contribution in [0.3, 0.4) is 0 Å². The standard InChI is InChI=1S/C16H28N2O2/c1-14(17)13-15-5-7-16(8-6-15)18(10-12-20-3)9-4-11-19-2/h5-8,14H,4,9-13,17H2,1-3H3. The average Bonchev–Trinajstić information content (AvgIpc) is 2.43. The first-order valence-electron chi connectivity index (χ1n) is 7.24. The van der Waals surface area contributed by atoms with Crippen LogP contribution in [0.4, 0.5) is 5.69 Å². The first-order chi connectivity index (χ1) is 9.67. The molecule has 1 aromatic carbocycles. The zero-order chi connectivity index (χ0) is 14.8. The Kier molecular flexibility index (Phi) is 8.26. The molecule has 0 saturated heterocycles. The van der Waals surface area contributed by atoms with E-state index in [1.54, 1.807) is 14.2 Å². The van der Waals surface area contributed by atoms with Gasteiger partial charge < -0.3 is 20.1 Å². The SMILES string of the molecule is COCCCN(CCOC)c1ccc(CC(C)N)cc1. The van der Waals surface area contributed by atoms with Gasteiger partial charge in [0.2, 0.25) is 0 Å². The number of nitrogens with two attached hydrogens (primary N) is 1. The van der Waals surface area contributed by atoms with Gasteiger partial charge in [-0.3, -0.25) is 0 Å². The third kappa shape index (κ3) is 6.37. The van der Waals surface area contributed by atoms with Crippen molar-refractivity contribution in [3.05, 3.63) is 29.8 Å². The Hall–Kier alpha value is -1.10. The van der Waals surface area contributed by atoms with Crippen molar-refractivity contribution in [1.29, 1.82) is 0 Å². The van der Waals surface area contributed by atoms with Gasteiger partial charge in [-0.05, 0) is 37.5 Å². The molecule has 0 aliphatic carbocycles. The van der Waals surface area contributed by atoms with Crippen molar-refractivity contribution in [2.24, 2.45) is 5.73 Å². The van der Waals surface area contributed by atoms with Crippen molar-refractivity contribution in [2.45, 2.75) is 25.8 Å². The Morgan fingerprint density at radius 2 is 1.70 bits per heavy atom. The van der Waals surface area contributed by atoms with Crippen molar-refractivity contribution >= 4 is 5.69 Å². The fraction of sp³-hybridized carbons (Fsp3) is 0.625. The van der Waals surface area contributed by atoms with Crippen LogP contribution in [-0.2, 0) is 15.9 Å². The van der Waals surface area contributed by atoms with Gasteiger partial charge in [0.1, 0.15) is 0 Å². The molecule has 0 spiro atoms. The molecule has 114 valence electrons. The molecule has 4 heteroatoms. The Labute approximate surface area is 122 Å². The van der Waals surface area contributed by atoms with E-state index in [0.29, 0.717) is 0 Å². The topological polar surface area (TPSA) is 47.7 Å². The minimum absolute atomic E-state index is 0.201. The molecule has 0 heterocycles. The lowest BCUT2D eigenvalue weighted by Crippen LogP contribution is -2.29. The summed E-state index contributed by atoms with van der Waals surface area (Å²) in [7, 11) is 3.47.